The van der Waals surface area contributed by atoms with Crippen LogP contribution in [0.1, 0.15) is 31.0 Å². The van der Waals surface area contributed by atoms with Gasteiger partial charge in [-0.25, -0.2) is 9.78 Å². The van der Waals surface area contributed by atoms with Crippen molar-refractivity contribution in [2.45, 2.75) is 56.8 Å². The number of nitrogens with one attached hydrogen (secondary N) is 4. The molecule has 1 heterocycles. The Morgan fingerprint density at radius 2 is 1.56 bits per heavy atom. The van der Waals surface area contributed by atoms with Gasteiger partial charge >= 0.3 is 5.97 Å². The Morgan fingerprint density at radius 1 is 0.944 bits per heavy atom. The standard InChI is InChI=1S/C23H31N7O6/c1-13(24)20(32)29-17(9-14-5-3-2-4-6-14)22(34)28-16(7-8-19(25)31)21(33)30-18(23(35)36)10-15-11-26-12-27-15/h2-6,11-13,16-18H,7-10,24H2,1H3,(H2,25,31)(H,26,27)(H,28,34)(H,29,32)(H,30,33)(H,35,36). The Balaban J connectivity index is 2.20. The number of carboxylic acids is 1. The van der Waals surface area contributed by atoms with Crippen molar-refractivity contribution in [2.75, 3.05) is 0 Å². The zero-order valence-corrected chi connectivity index (χ0v) is 19.8. The summed E-state index contributed by atoms with van der Waals surface area (Å²) in [5.41, 5.74) is 12.1. The molecule has 0 fully saturated rings. The fraction of sp³-hybridized carbons (Fsp3) is 0.391. The topological polar surface area (TPSA) is 222 Å². The van der Waals surface area contributed by atoms with Gasteiger partial charge in [0, 0.05) is 31.2 Å². The molecule has 13 nitrogen and oxygen atoms in total. The number of hydrogen-bond acceptors (Lipinski definition) is 7. The molecule has 13 heteroatoms. The summed E-state index contributed by atoms with van der Waals surface area (Å²) in [6.45, 7) is 1.46. The molecular formula is C23H31N7O6. The third kappa shape index (κ3) is 9.18. The summed E-state index contributed by atoms with van der Waals surface area (Å²) in [6.07, 6.45) is 2.39. The summed E-state index contributed by atoms with van der Waals surface area (Å²) < 4.78 is 0. The Bertz CT molecular complexity index is 1040. The number of benzene rings is 1. The number of aromatic nitrogens is 2. The van der Waals surface area contributed by atoms with E-state index in [0.29, 0.717) is 5.69 Å². The molecule has 0 spiro atoms. The van der Waals surface area contributed by atoms with E-state index in [1.807, 2.05) is 0 Å². The van der Waals surface area contributed by atoms with Gasteiger partial charge in [0.2, 0.25) is 23.6 Å². The number of imidazole rings is 1. The number of nitrogens with two attached hydrogens (primary N) is 2. The van der Waals surface area contributed by atoms with E-state index in [4.69, 9.17) is 11.5 Å². The van der Waals surface area contributed by atoms with E-state index < -0.39 is 53.8 Å². The first kappa shape index (κ1) is 28.0. The minimum atomic E-state index is -1.33. The van der Waals surface area contributed by atoms with Crippen LogP contribution in [0, 0.1) is 0 Å². The van der Waals surface area contributed by atoms with Crippen molar-refractivity contribution in [3.8, 4) is 0 Å². The fourth-order valence-electron chi connectivity index (χ4n) is 3.28. The molecule has 0 aliphatic heterocycles. The molecule has 4 amide bonds. The monoisotopic (exact) mass is 501 g/mol. The highest BCUT2D eigenvalue weighted by atomic mass is 16.4. The molecule has 1 aromatic carbocycles. The van der Waals surface area contributed by atoms with Gasteiger partial charge in [0.05, 0.1) is 12.4 Å². The number of hydrogen-bond donors (Lipinski definition) is 7. The molecule has 0 radical (unpaired) electrons. The molecule has 2 rings (SSSR count). The van der Waals surface area contributed by atoms with Crippen LogP contribution in [0.4, 0.5) is 0 Å². The molecule has 2 aromatic rings. The Kier molecular flexibility index (Phi) is 10.6. The minimum absolute atomic E-state index is 0.0847. The van der Waals surface area contributed by atoms with E-state index in [-0.39, 0.29) is 25.7 Å². The molecule has 0 saturated carbocycles. The first-order chi connectivity index (χ1) is 17.1. The van der Waals surface area contributed by atoms with Crippen LogP contribution in [0.5, 0.6) is 0 Å². The zero-order valence-electron chi connectivity index (χ0n) is 19.8. The maximum Gasteiger partial charge on any atom is 0.326 e. The van der Waals surface area contributed by atoms with Crippen LogP contribution in [-0.2, 0) is 36.8 Å². The van der Waals surface area contributed by atoms with Gasteiger partial charge in [0.25, 0.3) is 0 Å². The molecule has 36 heavy (non-hydrogen) atoms. The molecule has 1 aromatic heterocycles. The molecule has 0 aliphatic rings. The van der Waals surface area contributed by atoms with Crippen molar-refractivity contribution in [3.05, 3.63) is 54.1 Å². The van der Waals surface area contributed by atoms with Gasteiger partial charge in [0.1, 0.15) is 18.1 Å². The summed E-state index contributed by atoms with van der Waals surface area (Å²) in [5, 5.41) is 17.0. The number of rotatable bonds is 14. The molecule has 0 saturated heterocycles. The van der Waals surface area contributed by atoms with E-state index in [0.717, 1.165) is 5.56 Å². The van der Waals surface area contributed by atoms with Crippen molar-refractivity contribution < 1.29 is 29.1 Å². The van der Waals surface area contributed by atoms with Gasteiger partial charge < -0.3 is 37.5 Å². The van der Waals surface area contributed by atoms with E-state index in [1.165, 1.54) is 19.4 Å². The average molecular weight is 502 g/mol. The van der Waals surface area contributed by atoms with Crippen LogP contribution in [0.15, 0.2) is 42.9 Å². The summed E-state index contributed by atoms with van der Waals surface area (Å²) >= 11 is 0. The number of aliphatic carboxylic acids is 1. The number of carboxylic acid groups (broad SMARTS) is 1. The maximum absolute atomic E-state index is 13.1. The SMILES string of the molecule is CC(N)C(=O)NC(Cc1ccccc1)C(=O)NC(CCC(N)=O)C(=O)NC(Cc1cnc[nH]1)C(=O)O. The average Bonchev–Trinajstić information content (AvgIpc) is 3.34. The lowest BCUT2D eigenvalue weighted by Crippen LogP contribution is -2.57. The third-order valence-corrected chi connectivity index (χ3v) is 5.24. The predicted molar refractivity (Wildman–Crippen MR) is 128 cm³/mol. The molecule has 9 N–H and O–H groups in total. The lowest BCUT2D eigenvalue weighted by Gasteiger charge is -2.25. The van der Waals surface area contributed by atoms with Crippen LogP contribution in [0.25, 0.3) is 0 Å². The number of amides is 4. The Morgan fingerprint density at radius 3 is 2.11 bits per heavy atom. The number of carbonyl (C=O) groups is 5. The molecule has 0 bridgehead atoms. The fourth-order valence-corrected chi connectivity index (χ4v) is 3.28. The predicted octanol–water partition coefficient (Wildman–Crippen LogP) is -1.65. The second kappa shape index (κ2) is 13.6. The second-order valence-corrected chi connectivity index (χ2v) is 8.29. The van der Waals surface area contributed by atoms with Gasteiger partial charge in [-0.15, -0.1) is 0 Å². The number of aromatic amines is 1. The normalized spacial score (nSPS) is 14.1. The maximum atomic E-state index is 13.1. The van der Waals surface area contributed by atoms with Gasteiger partial charge in [-0.05, 0) is 18.9 Å². The summed E-state index contributed by atoms with van der Waals surface area (Å²) in [4.78, 5) is 68.0. The lowest BCUT2D eigenvalue weighted by molar-refractivity contribution is -0.142. The highest BCUT2D eigenvalue weighted by Crippen LogP contribution is 2.07. The van der Waals surface area contributed by atoms with Crippen LogP contribution < -0.4 is 27.4 Å². The van der Waals surface area contributed by atoms with E-state index in [9.17, 15) is 29.1 Å². The van der Waals surface area contributed by atoms with E-state index >= 15 is 0 Å². The van der Waals surface area contributed by atoms with E-state index in [1.54, 1.807) is 30.3 Å². The molecule has 4 unspecified atom stereocenters. The van der Waals surface area contributed by atoms with Crippen molar-refractivity contribution in [3.63, 3.8) is 0 Å². The minimum Gasteiger partial charge on any atom is -0.480 e. The lowest BCUT2D eigenvalue weighted by atomic mass is 10.0. The molecule has 4 atom stereocenters. The van der Waals surface area contributed by atoms with Crippen LogP contribution >= 0.6 is 0 Å². The van der Waals surface area contributed by atoms with Gasteiger partial charge in [-0.1, -0.05) is 30.3 Å². The molecular weight excluding hydrogens is 470 g/mol. The zero-order chi connectivity index (χ0) is 26.7. The number of nitrogens with zero attached hydrogens (tertiary/aromatic N) is 1. The summed E-state index contributed by atoms with van der Waals surface area (Å²) in [7, 11) is 0. The summed E-state index contributed by atoms with van der Waals surface area (Å²) in [6, 6.07) is 4.27. The molecule has 0 aliphatic carbocycles. The van der Waals surface area contributed by atoms with Gasteiger partial charge in [-0.2, -0.15) is 0 Å². The third-order valence-electron chi connectivity index (χ3n) is 5.24. The first-order valence-corrected chi connectivity index (χ1v) is 11.3. The number of H-pyrrole nitrogens is 1. The Labute approximate surface area is 207 Å². The van der Waals surface area contributed by atoms with Crippen molar-refractivity contribution >= 4 is 29.6 Å². The first-order valence-electron chi connectivity index (χ1n) is 11.3. The molecule has 194 valence electrons. The van der Waals surface area contributed by atoms with Crippen molar-refractivity contribution in [1.29, 1.82) is 0 Å². The number of primary amides is 1. The second-order valence-electron chi connectivity index (χ2n) is 8.29. The van der Waals surface area contributed by atoms with E-state index in [2.05, 4.69) is 25.9 Å². The van der Waals surface area contributed by atoms with Gasteiger partial charge in [-0.3, -0.25) is 19.2 Å². The quantitative estimate of drug-likeness (QED) is 0.158. The van der Waals surface area contributed by atoms with Crippen molar-refractivity contribution in [1.82, 2.24) is 25.9 Å². The van der Waals surface area contributed by atoms with Crippen LogP contribution in [-0.4, -0.2) is 68.8 Å². The van der Waals surface area contributed by atoms with Crippen molar-refractivity contribution in [2.24, 2.45) is 11.5 Å². The largest absolute Gasteiger partial charge is 0.480 e. The van der Waals surface area contributed by atoms with Crippen LogP contribution in [0.2, 0.25) is 0 Å². The highest BCUT2D eigenvalue weighted by molar-refractivity contribution is 5.94. The summed E-state index contributed by atoms with van der Waals surface area (Å²) in [5.74, 6) is -4.12. The van der Waals surface area contributed by atoms with Crippen LogP contribution in [0.3, 0.4) is 0 Å². The highest BCUT2D eigenvalue weighted by Gasteiger charge is 2.30. The van der Waals surface area contributed by atoms with Gasteiger partial charge in [0.15, 0.2) is 0 Å². The number of carbonyl (C=O) groups excluding carboxylic acids is 4. The smallest absolute Gasteiger partial charge is 0.326 e. The Hall–Kier alpha value is -4.26.